The Morgan fingerprint density at radius 3 is 2.95 bits per heavy atom. The summed E-state index contributed by atoms with van der Waals surface area (Å²) in [6.07, 6.45) is 0.988. The number of benzene rings is 1. The molecule has 0 radical (unpaired) electrons. The van der Waals surface area contributed by atoms with Crippen molar-refractivity contribution in [1.82, 2.24) is 10.2 Å². The van der Waals surface area contributed by atoms with Crippen LogP contribution in [0.5, 0.6) is 0 Å². The Morgan fingerprint density at radius 2 is 2.20 bits per heavy atom. The fourth-order valence-corrected chi connectivity index (χ4v) is 2.44. The van der Waals surface area contributed by atoms with Crippen molar-refractivity contribution in [2.45, 2.75) is 32.2 Å². The molecule has 1 heterocycles. The second kappa shape index (κ2) is 6.75. The highest BCUT2D eigenvalue weighted by Gasteiger charge is 2.27. The van der Waals surface area contributed by atoms with Crippen molar-refractivity contribution < 1.29 is 4.79 Å². The number of carbonyl (C=O) groups is 1. The van der Waals surface area contributed by atoms with Crippen LogP contribution in [-0.4, -0.2) is 43.5 Å². The lowest BCUT2D eigenvalue weighted by molar-refractivity contribution is -0.122. The van der Waals surface area contributed by atoms with Gasteiger partial charge in [-0.2, -0.15) is 0 Å². The number of para-hydroxylation sites is 1. The molecule has 0 saturated heterocycles. The van der Waals surface area contributed by atoms with Crippen molar-refractivity contribution in [2.24, 2.45) is 0 Å². The van der Waals surface area contributed by atoms with Crippen LogP contribution in [0.1, 0.15) is 31.7 Å². The van der Waals surface area contributed by atoms with E-state index in [4.69, 9.17) is 0 Å². The van der Waals surface area contributed by atoms with E-state index in [0.717, 1.165) is 30.8 Å². The molecule has 1 aromatic rings. The van der Waals surface area contributed by atoms with Crippen LogP contribution in [-0.2, 0) is 4.79 Å². The fraction of sp³-hybridized carbons (Fsp3) is 0.562. The first-order valence-corrected chi connectivity index (χ1v) is 7.40. The zero-order valence-corrected chi connectivity index (χ0v) is 12.6. The lowest BCUT2D eigenvalue weighted by Crippen LogP contribution is -2.34. The van der Waals surface area contributed by atoms with Gasteiger partial charge in [0, 0.05) is 24.8 Å². The molecule has 20 heavy (non-hydrogen) atoms. The first kappa shape index (κ1) is 14.9. The number of hydrogen-bond acceptors (Lipinski definition) is 3. The zero-order chi connectivity index (χ0) is 14.5. The molecule has 1 aliphatic rings. The number of fused-ring (bicyclic) bond motifs is 1. The van der Waals surface area contributed by atoms with Crippen LogP contribution in [0.3, 0.4) is 0 Å². The largest absolute Gasteiger partial charge is 0.384 e. The van der Waals surface area contributed by atoms with Crippen LogP contribution in [0.2, 0.25) is 0 Å². The van der Waals surface area contributed by atoms with Crippen LogP contribution < -0.4 is 10.6 Å². The molecule has 1 aliphatic heterocycles. The van der Waals surface area contributed by atoms with E-state index in [2.05, 4.69) is 36.4 Å². The first-order valence-electron chi connectivity index (χ1n) is 7.40. The average Bonchev–Trinajstić information content (AvgIpc) is 2.87. The van der Waals surface area contributed by atoms with Gasteiger partial charge in [0.2, 0.25) is 5.91 Å². The Kier molecular flexibility index (Phi) is 5.01. The van der Waals surface area contributed by atoms with Gasteiger partial charge < -0.3 is 15.5 Å². The lowest BCUT2D eigenvalue weighted by atomic mass is 10.0. The van der Waals surface area contributed by atoms with Gasteiger partial charge in [0.15, 0.2) is 0 Å². The minimum absolute atomic E-state index is 0.0472. The molecule has 1 atom stereocenters. The number of hydrogen-bond donors (Lipinski definition) is 2. The first-order chi connectivity index (χ1) is 9.59. The van der Waals surface area contributed by atoms with Crippen molar-refractivity contribution in [2.75, 3.05) is 32.0 Å². The van der Waals surface area contributed by atoms with Crippen molar-refractivity contribution >= 4 is 11.6 Å². The molecule has 2 rings (SSSR count). The standard InChI is InChI=1S/C16H25N3O/c1-12(2)19(3)10-6-9-17-16(20)14-11-18-15-8-5-4-7-13(14)15/h4-5,7-8,12,14,18H,6,9-11H2,1-3H3,(H,17,20). The summed E-state index contributed by atoms with van der Waals surface area (Å²) < 4.78 is 0. The molecule has 1 aromatic carbocycles. The Labute approximate surface area is 121 Å². The third kappa shape index (κ3) is 3.51. The summed E-state index contributed by atoms with van der Waals surface area (Å²) in [5, 5.41) is 6.34. The van der Waals surface area contributed by atoms with Gasteiger partial charge in [-0.1, -0.05) is 18.2 Å². The summed E-state index contributed by atoms with van der Waals surface area (Å²) in [5.74, 6) is 0.0867. The Morgan fingerprint density at radius 1 is 1.45 bits per heavy atom. The summed E-state index contributed by atoms with van der Waals surface area (Å²) in [7, 11) is 2.11. The van der Waals surface area contributed by atoms with E-state index in [-0.39, 0.29) is 11.8 Å². The summed E-state index contributed by atoms with van der Waals surface area (Å²) in [6.45, 7) is 6.82. The number of nitrogens with one attached hydrogen (secondary N) is 2. The predicted molar refractivity (Wildman–Crippen MR) is 83.1 cm³/mol. The third-order valence-corrected chi connectivity index (χ3v) is 4.02. The highest BCUT2D eigenvalue weighted by Crippen LogP contribution is 2.30. The van der Waals surface area contributed by atoms with Gasteiger partial charge in [0.25, 0.3) is 0 Å². The Hall–Kier alpha value is -1.55. The van der Waals surface area contributed by atoms with E-state index >= 15 is 0 Å². The van der Waals surface area contributed by atoms with Gasteiger partial charge >= 0.3 is 0 Å². The maximum atomic E-state index is 12.2. The van der Waals surface area contributed by atoms with Crippen molar-refractivity contribution in [3.63, 3.8) is 0 Å². The molecular formula is C16H25N3O. The van der Waals surface area contributed by atoms with Gasteiger partial charge in [0.1, 0.15) is 0 Å². The SMILES string of the molecule is CC(C)N(C)CCCNC(=O)C1CNc2ccccc21. The van der Waals surface area contributed by atoms with Gasteiger partial charge in [-0.05, 0) is 45.5 Å². The van der Waals surface area contributed by atoms with E-state index in [0.29, 0.717) is 12.6 Å². The van der Waals surface area contributed by atoms with Gasteiger partial charge in [-0.15, -0.1) is 0 Å². The summed E-state index contributed by atoms with van der Waals surface area (Å²) >= 11 is 0. The minimum Gasteiger partial charge on any atom is -0.384 e. The minimum atomic E-state index is -0.0472. The van der Waals surface area contributed by atoms with Crippen molar-refractivity contribution in [3.05, 3.63) is 29.8 Å². The molecule has 110 valence electrons. The Bertz CT molecular complexity index is 459. The van der Waals surface area contributed by atoms with Crippen molar-refractivity contribution in [3.8, 4) is 0 Å². The quantitative estimate of drug-likeness (QED) is 0.781. The number of carbonyl (C=O) groups excluding carboxylic acids is 1. The highest BCUT2D eigenvalue weighted by atomic mass is 16.1. The number of rotatable bonds is 6. The van der Waals surface area contributed by atoms with Crippen molar-refractivity contribution in [1.29, 1.82) is 0 Å². The maximum Gasteiger partial charge on any atom is 0.229 e. The smallest absolute Gasteiger partial charge is 0.229 e. The second-order valence-electron chi connectivity index (χ2n) is 5.74. The highest BCUT2D eigenvalue weighted by molar-refractivity contribution is 5.88. The third-order valence-electron chi connectivity index (χ3n) is 4.02. The topological polar surface area (TPSA) is 44.4 Å². The second-order valence-corrected chi connectivity index (χ2v) is 5.74. The molecule has 2 N–H and O–H groups in total. The van der Waals surface area contributed by atoms with Gasteiger partial charge in [-0.25, -0.2) is 0 Å². The predicted octanol–water partition coefficient (Wildman–Crippen LogP) is 2.04. The Balaban J connectivity index is 1.77. The van der Waals surface area contributed by atoms with Gasteiger partial charge in [0.05, 0.1) is 5.92 Å². The van der Waals surface area contributed by atoms with E-state index in [1.165, 1.54) is 0 Å². The average molecular weight is 275 g/mol. The molecule has 0 bridgehead atoms. The number of amides is 1. The molecule has 0 aliphatic carbocycles. The summed E-state index contributed by atoms with van der Waals surface area (Å²) in [5.41, 5.74) is 2.21. The van der Waals surface area contributed by atoms with E-state index < -0.39 is 0 Å². The molecule has 4 nitrogen and oxygen atoms in total. The number of nitrogens with zero attached hydrogens (tertiary/aromatic N) is 1. The van der Waals surface area contributed by atoms with E-state index in [1.807, 2.05) is 24.3 Å². The van der Waals surface area contributed by atoms with Crippen LogP contribution >= 0.6 is 0 Å². The van der Waals surface area contributed by atoms with E-state index in [9.17, 15) is 4.79 Å². The number of anilines is 1. The van der Waals surface area contributed by atoms with E-state index in [1.54, 1.807) is 0 Å². The van der Waals surface area contributed by atoms with Crippen LogP contribution in [0.4, 0.5) is 5.69 Å². The molecule has 0 fully saturated rings. The summed E-state index contributed by atoms with van der Waals surface area (Å²) in [6, 6.07) is 8.60. The maximum absolute atomic E-state index is 12.2. The fourth-order valence-electron chi connectivity index (χ4n) is 2.44. The molecule has 0 saturated carbocycles. The molecule has 4 heteroatoms. The molecule has 0 aromatic heterocycles. The molecule has 0 spiro atoms. The summed E-state index contributed by atoms with van der Waals surface area (Å²) in [4.78, 5) is 14.5. The molecule has 1 unspecified atom stereocenters. The van der Waals surface area contributed by atoms with Crippen LogP contribution in [0.15, 0.2) is 24.3 Å². The monoisotopic (exact) mass is 275 g/mol. The molecule has 1 amide bonds. The zero-order valence-electron chi connectivity index (χ0n) is 12.6. The van der Waals surface area contributed by atoms with Crippen LogP contribution in [0.25, 0.3) is 0 Å². The van der Waals surface area contributed by atoms with Gasteiger partial charge in [-0.3, -0.25) is 4.79 Å². The lowest BCUT2D eigenvalue weighted by Gasteiger charge is -2.21. The molecular weight excluding hydrogens is 250 g/mol. The van der Waals surface area contributed by atoms with Crippen LogP contribution in [0, 0.1) is 0 Å². The normalized spacial score (nSPS) is 17.1.